The van der Waals surface area contributed by atoms with Crippen LogP contribution in [0.15, 0.2) is 35.3 Å². The first-order valence-electron chi connectivity index (χ1n) is 9.41. The zero-order valence-corrected chi connectivity index (χ0v) is 14.9. The van der Waals surface area contributed by atoms with Crippen LogP contribution >= 0.6 is 0 Å². The molecule has 3 rings (SSSR count). The summed E-state index contributed by atoms with van der Waals surface area (Å²) in [4.78, 5) is 9.28. The summed E-state index contributed by atoms with van der Waals surface area (Å²) in [5, 5.41) is 13.8. The summed E-state index contributed by atoms with van der Waals surface area (Å²) in [5.41, 5.74) is 1.04. The topological polar surface area (TPSA) is 60.3 Å². The summed E-state index contributed by atoms with van der Waals surface area (Å²) in [5.74, 6) is 0.881. The maximum Gasteiger partial charge on any atom is 0.198 e. The molecule has 0 spiro atoms. The van der Waals surface area contributed by atoms with Crippen LogP contribution in [0.2, 0.25) is 0 Å². The van der Waals surface area contributed by atoms with Gasteiger partial charge in [0.1, 0.15) is 0 Å². The number of hydrogen-bond acceptors (Lipinski definition) is 4. The van der Waals surface area contributed by atoms with Gasteiger partial charge in [0.05, 0.1) is 25.9 Å². The fourth-order valence-electron chi connectivity index (χ4n) is 3.31. The fraction of sp³-hybridized carbons (Fsp3) is 0.632. The molecular weight excluding hydrogens is 316 g/mol. The first-order valence-corrected chi connectivity index (χ1v) is 9.41. The van der Waals surface area contributed by atoms with Crippen LogP contribution in [0.4, 0.5) is 5.69 Å². The standard InChI is InChI=1S/C19H30N4O2/c24-18(16-22-11-13-25-14-12-22)15-20-19(23-9-5-2-6-10-23)21-17-7-3-1-4-8-17/h1,3-4,7-8,18,24H,2,5-6,9-16H2,(H,20,21). The van der Waals surface area contributed by atoms with E-state index >= 15 is 0 Å². The maximum absolute atomic E-state index is 10.4. The van der Waals surface area contributed by atoms with Crippen molar-refractivity contribution in [2.45, 2.75) is 25.4 Å². The van der Waals surface area contributed by atoms with E-state index in [0.717, 1.165) is 51.0 Å². The summed E-state index contributed by atoms with van der Waals surface area (Å²) in [6.45, 7) is 6.42. The lowest BCUT2D eigenvalue weighted by Crippen LogP contribution is -2.43. The van der Waals surface area contributed by atoms with E-state index in [1.54, 1.807) is 0 Å². The number of hydrogen-bond donors (Lipinski definition) is 2. The van der Waals surface area contributed by atoms with E-state index < -0.39 is 6.10 Å². The highest BCUT2D eigenvalue weighted by atomic mass is 16.5. The molecule has 1 aromatic rings. The molecule has 0 radical (unpaired) electrons. The molecule has 138 valence electrons. The molecule has 6 heteroatoms. The van der Waals surface area contributed by atoms with Crippen LogP contribution in [0.3, 0.4) is 0 Å². The van der Waals surface area contributed by atoms with Gasteiger partial charge in [0, 0.05) is 38.4 Å². The lowest BCUT2D eigenvalue weighted by Gasteiger charge is -2.31. The van der Waals surface area contributed by atoms with Crippen molar-refractivity contribution in [3.8, 4) is 0 Å². The largest absolute Gasteiger partial charge is 0.390 e. The zero-order chi connectivity index (χ0) is 17.3. The summed E-state index contributed by atoms with van der Waals surface area (Å²) in [6.07, 6.45) is 3.24. The molecule has 1 atom stereocenters. The number of likely N-dealkylation sites (tertiary alicyclic amines) is 1. The number of benzene rings is 1. The summed E-state index contributed by atoms with van der Waals surface area (Å²) >= 11 is 0. The molecule has 0 amide bonds. The van der Waals surface area contributed by atoms with Gasteiger partial charge >= 0.3 is 0 Å². The number of aliphatic hydroxyl groups excluding tert-OH is 1. The van der Waals surface area contributed by atoms with Crippen LogP contribution in [0.1, 0.15) is 19.3 Å². The molecule has 6 nitrogen and oxygen atoms in total. The van der Waals surface area contributed by atoms with Crippen molar-refractivity contribution in [2.75, 3.05) is 57.8 Å². The maximum atomic E-state index is 10.4. The third-order valence-corrected chi connectivity index (χ3v) is 4.71. The highest BCUT2D eigenvalue weighted by Gasteiger charge is 2.17. The van der Waals surface area contributed by atoms with Gasteiger partial charge in [-0.3, -0.25) is 9.89 Å². The van der Waals surface area contributed by atoms with Gasteiger partial charge in [0.15, 0.2) is 5.96 Å². The number of ether oxygens (including phenoxy) is 1. The van der Waals surface area contributed by atoms with Crippen molar-refractivity contribution in [1.82, 2.24) is 9.80 Å². The molecule has 2 fully saturated rings. The lowest BCUT2D eigenvalue weighted by molar-refractivity contribution is 0.0164. The Kier molecular flexibility index (Phi) is 7.09. The molecule has 25 heavy (non-hydrogen) atoms. The molecule has 2 saturated heterocycles. The van der Waals surface area contributed by atoms with E-state index in [2.05, 4.69) is 15.1 Å². The number of anilines is 1. The van der Waals surface area contributed by atoms with Crippen molar-refractivity contribution < 1.29 is 9.84 Å². The monoisotopic (exact) mass is 346 g/mol. The minimum absolute atomic E-state index is 0.420. The summed E-state index contributed by atoms with van der Waals surface area (Å²) in [7, 11) is 0. The number of guanidine groups is 1. The molecular formula is C19H30N4O2. The highest BCUT2D eigenvalue weighted by Crippen LogP contribution is 2.13. The van der Waals surface area contributed by atoms with Gasteiger partial charge in [-0.1, -0.05) is 18.2 Å². The molecule has 2 heterocycles. The molecule has 2 N–H and O–H groups in total. The predicted molar refractivity (Wildman–Crippen MR) is 101 cm³/mol. The Bertz CT molecular complexity index is 525. The molecule has 0 aromatic heterocycles. The van der Waals surface area contributed by atoms with Crippen LogP contribution in [0, 0.1) is 0 Å². The number of morpholine rings is 1. The van der Waals surface area contributed by atoms with E-state index in [0.29, 0.717) is 13.1 Å². The van der Waals surface area contributed by atoms with E-state index in [4.69, 9.17) is 9.73 Å². The smallest absolute Gasteiger partial charge is 0.198 e. The number of β-amino-alcohol motifs (C(OH)–C–C–N with tert-alkyl or cyclic N) is 1. The number of para-hydroxylation sites is 1. The van der Waals surface area contributed by atoms with E-state index in [1.807, 2.05) is 30.3 Å². The lowest BCUT2D eigenvalue weighted by atomic mass is 10.1. The van der Waals surface area contributed by atoms with Gasteiger partial charge in [-0.25, -0.2) is 0 Å². The second-order valence-electron chi connectivity index (χ2n) is 6.77. The first kappa shape index (κ1) is 18.2. The summed E-state index contributed by atoms with van der Waals surface area (Å²) < 4.78 is 5.36. The Morgan fingerprint density at radius 3 is 2.52 bits per heavy atom. The van der Waals surface area contributed by atoms with Crippen LogP contribution in [-0.2, 0) is 4.74 Å². The van der Waals surface area contributed by atoms with E-state index in [-0.39, 0.29) is 0 Å². The Morgan fingerprint density at radius 1 is 1.08 bits per heavy atom. The van der Waals surface area contributed by atoms with Crippen LogP contribution < -0.4 is 5.32 Å². The Morgan fingerprint density at radius 2 is 1.80 bits per heavy atom. The average Bonchev–Trinajstić information content (AvgIpc) is 2.67. The molecule has 1 unspecified atom stereocenters. The molecule has 2 aliphatic heterocycles. The van der Waals surface area contributed by atoms with Gasteiger partial charge in [-0.05, 0) is 31.4 Å². The molecule has 1 aromatic carbocycles. The second kappa shape index (κ2) is 9.75. The number of aliphatic hydroxyl groups is 1. The SMILES string of the molecule is OC(CN=C(Nc1ccccc1)N1CCCCC1)CN1CCOCC1. The average molecular weight is 346 g/mol. The molecule has 0 saturated carbocycles. The Balaban J connectivity index is 1.59. The van der Waals surface area contributed by atoms with Crippen molar-refractivity contribution in [3.63, 3.8) is 0 Å². The number of rotatable bonds is 5. The summed E-state index contributed by atoms with van der Waals surface area (Å²) in [6, 6.07) is 10.1. The van der Waals surface area contributed by atoms with Crippen molar-refractivity contribution in [2.24, 2.45) is 4.99 Å². The van der Waals surface area contributed by atoms with Gasteiger partial charge in [0.25, 0.3) is 0 Å². The normalized spacial score (nSPS) is 21.2. The predicted octanol–water partition coefficient (Wildman–Crippen LogP) is 1.63. The minimum atomic E-state index is -0.449. The van der Waals surface area contributed by atoms with Gasteiger partial charge in [-0.15, -0.1) is 0 Å². The molecule has 2 aliphatic rings. The van der Waals surface area contributed by atoms with Gasteiger partial charge < -0.3 is 20.1 Å². The van der Waals surface area contributed by atoms with Crippen LogP contribution in [0.25, 0.3) is 0 Å². The second-order valence-corrected chi connectivity index (χ2v) is 6.77. The van der Waals surface area contributed by atoms with Crippen molar-refractivity contribution in [1.29, 1.82) is 0 Å². The van der Waals surface area contributed by atoms with E-state index in [9.17, 15) is 5.11 Å². The van der Waals surface area contributed by atoms with E-state index in [1.165, 1.54) is 19.3 Å². The third kappa shape index (κ3) is 5.99. The quantitative estimate of drug-likeness (QED) is 0.627. The molecule has 0 bridgehead atoms. The zero-order valence-electron chi connectivity index (χ0n) is 14.9. The first-order chi connectivity index (χ1) is 12.3. The van der Waals surface area contributed by atoms with Crippen LogP contribution in [-0.4, -0.2) is 79.5 Å². The Labute approximate surface area is 150 Å². The van der Waals surface area contributed by atoms with Gasteiger partial charge in [0.2, 0.25) is 0 Å². The number of nitrogens with zero attached hydrogens (tertiary/aromatic N) is 3. The number of nitrogens with one attached hydrogen (secondary N) is 1. The van der Waals surface area contributed by atoms with Crippen LogP contribution in [0.5, 0.6) is 0 Å². The minimum Gasteiger partial charge on any atom is -0.390 e. The van der Waals surface area contributed by atoms with Crippen molar-refractivity contribution in [3.05, 3.63) is 30.3 Å². The number of aliphatic imine (C=N–C) groups is 1. The fourth-order valence-corrected chi connectivity index (χ4v) is 3.31. The van der Waals surface area contributed by atoms with Crippen molar-refractivity contribution >= 4 is 11.6 Å². The molecule has 0 aliphatic carbocycles. The highest BCUT2D eigenvalue weighted by molar-refractivity contribution is 5.93. The third-order valence-electron chi connectivity index (χ3n) is 4.71. The Hall–Kier alpha value is -1.63. The number of piperidine rings is 1. The van der Waals surface area contributed by atoms with Gasteiger partial charge in [-0.2, -0.15) is 0 Å².